The van der Waals surface area contributed by atoms with E-state index in [0.29, 0.717) is 17.0 Å². The number of fused-ring (bicyclic) bond motifs is 3. The van der Waals surface area contributed by atoms with Crippen molar-refractivity contribution in [2.45, 2.75) is 19.4 Å². The lowest BCUT2D eigenvalue weighted by Gasteiger charge is -2.38. The zero-order valence-electron chi connectivity index (χ0n) is 14.6. The number of hydrogen-bond acceptors (Lipinski definition) is 2. The smallest absolute Gasteiger partial charge is 0.258 e. The van der Waals surface area contributed by atoms with Gasteiger partial charge in [-0.1, -0.05) is 6.92 Å². The first kappa shape index (κ1) is 16.4. The van der Waals surface area contributed by atoms with Crippen LogP contribution in [0.1, 0.15) is 35.4 Å². The van der Waals surface area contributed by atoms with Crippen molar-refractivity contribution < 1.29 is 13.9 Å². The van der Waals surface area contributed by atoms with Gasteiger partial charge in [0.05, 0.1) is 24.5 Å². The molecule has 1 atom stereocenters. The molecule has 0 aliphatic carbocycles. The Labute approximate surface area is 151 Å². The molecule has 26 heavy (non-hydrogen) atoms. The van der Waals surface area contributed by atoms with Gasteiger partial charge in [-0.05, 0) is 61.0 Å². The summed E-state index contributed by atoms with van der Waals surface area (Å²) in [6.45, 7) is 2.03. The third-order valence-corrected chi connectivity index (χ3v) is 4.83. The molecule has 0 bridgehead atoms. The summed E-state index contributed by atoms with van der Waals surface area (Å²) in [4.78, 5) is 15.0. The highest BCUT2D eigenvalue weighted by Crippen LogP contribution is 2.41. The lowest BCUT2D eigenvalue weighted by Crippen LogP contribution is -2.39. The molecule has 0 spiro atoms. The predicted octanol–water partition coefficient (Wildman–Crippen LogP) is 4.74. The number of benzene rings is 2. The normalized spacial score (nSPS) is 15.3. The molecule has 0 saturated heterocycles. The van der Waals surface area contributed by atoms with E-state index in [4.69, 9.17) is 4.74 Å². The summed E-state index contributed by atoms with van der Waals surface area (Å²) < 4.78 is 21.2. The van der Waals surface area contributed by atoms with E-state index < -0.39 is 0 Å². The van der Waals surface area contributed by atoms with Crippen LogP contribution in [-0.4, -0.2) is 17.6 Å². The maximum atomic E-state index is 14.0. The molecular weight excluding hydrogens is 331 g/mol. The number of amides is 1. The maximum absolute atomic E-state index is 14.0. The van der Waals surface area contributed by atoms with Gasteiger partial charge in [-0.3, -0.25) is 9.69 Å². The fraction of sp³-hybridized carbons (Fsp3) is 0.190. The van der Waals surface area contributed by atoms with Crippen LogP contribution in [0.2, 0.25) is 0 Å². The minimum atomic E-state index is -0.359. The van der Waals surface area contributed by atoms with Gasteiger partial charge in [0.1, 0.15) is 11.6 Å². The number of nitrogens with zero attached hydrogens (tertiary/aromatic N) is 2. The first-order chi connectivity index (χ1) is 12.6. The molecule has 3 aromatic rings. The lowest BCUT2D eigenvalue weighted by atomic mass is 10.0. The topological polar surface area (TPSA) is 34.5 Å². The Balaban J connectivity index is 1.86. The highest BCUT2D eigenvalue weighted by atomic mass is 19.1. The number of carbonyl (C=O) groups is 1. The van der Waals surface area contributed by atoms with Crippen LogP contribution in [0.3, 0.4) is 0 Å². The summed E-state index contributed by atoms with van der Waals surface area (Å²) in [5.41, 5.74) is 2.95. The van der Waals surface area contributed by atoms with Crippen molar-refractivity contribution in [2.24, 2.45) is 0 Å². The van der Waals surface area contributed by atoms with Crippen molar-refractivity contribution in [2.75, 3.05) is 12.0 Å². The molecule has 1 aliphatic heterocycles. The molecule has 1 aliphatic rings. The molecule has 0 saturated carbocycles. The third kappa shape index (κ3) is 2.47. The molecule has 0 radical (unpaired) electrons. The van der Waals surface area contributed by atoms with Crippen LogP contribution in [-0.2, 0) is 0 Å². The summed E-state index contributed by atoms with van der Waals surface area (Å²) in [6.07, 6.45) is 2.67. The number of rotatable bonds is 3. The van der Waals surface area contributed by atoms with E-state index in [9.17, 15) is 9.18 Å². The molecule has 1 unspecified atom stereocenters. The standard InChI is InChI=1S/C21H19FN2O2/c1-3-17-18-5-4-12-23(18)19-11-8-15(22)13-20(19)24(17)21(25)14-6-9-16(26-2)10-7-14/h4-13,17H,3H2,1-2H3. The molecule has 4 rings (SSSR count). The zero-order valence-corrected chi connectivity index (χ0v) is 14.6. The maximum Gasteiger partial charge on any atom is 0.258 e. The molecule has 1 amide bonds. The second-order valence-electron chi connectivity index (χ2n) is 6.26. The van der Waals surface area contributed by atoms with E-state index in [1.165, 1.54) is 12.1 Å². The first-order valence-electron chi connectivity index (χ1n) is 8.59. The lowest BCUT2D eigenvalue weighted by molar-refractivity contribution is 0.0973. The summed E-state index contributed by atoms with van der Waals surface area (Å²) in [5, 5.41) is 0. The molecule has 0 N–H and O–H groups in total. The van der Waals surface area contributed by atoms with Gasteiger partial charge >= 0.3 is 0 Å². The molecular formula is C21H19FN2O2. The number of anilines is 1. The van der Waals surface area contributed by atoms with Crippen LogP contribution in [0, 0.1) is 5.82 Å². The number of ether oxygens (including phenoxy) is 1. The minimum absolute atomic E-state index is 0.154. The van der Waals surface area contributed by atoms with Gasteiger partial charge in [0.25, 0.3) is 5.91 Å². The largest absolute Gasteiger partial charge is 0.497 e. The van der Waals surface area contributed by atoms with Crippen molar-refractivity contribution >= 4 is 11.6 Å². The van der Waals surface area contributed by atoms with Crippen molar-refractivity contribution in [1.29, 1.82) is 0 Å². The van der Waals surface area contributed by atoms with Crippen LogP contribution in [0.15, 0.2) is 60.8 Å². The van der Waals surface area contributed by atoms with E-state index in [1.54, 1.807) is 42.3 Å². The second-order valence-corrected chi connectivity index (χ2v) is 6.26. The molecule has 1 aromatic heterocycles. The second kappa shape index (κ2) is 6.33. The Kier molecular flexibility index (Phi) is 3.99. The van der Waals surface area contributed by atoms with Gasteiger partial charge in [-0.15, -0.1) is 0 Å². The van der Waals surface area contributed by atoms with E-state index in [2.05, 4.69) is 0 Å². The van der Waals surface area contributed by atoms with Crippen molar-refractivity contribution in [3.05, 3.63) is 77.9 Å². The van der Waals surface area contributed by atoms with Gasteiger partial charge in [-0.2, -0.15) is 0 Å². The van der Waals surface area contributed by atoms with E-state index in [-0.39, 0.29) is 17.8 Å². The number of halogens is 1. The van der Waals surface area contributed by atoms with Gasteiger partial charge < -0.3 is 9.30 Å². The zero-order chi connectivity index (χ0) is 18.3. The molecule has 0 fully saturated rings. The van der Waals surface area contributed by atoms with Crippen LogP contribution in [0.25, 0.3) is 5.69 Å². The fourth-order valence-electron chi connectivity index (χ4n) is 3.59. The molecule has 132 valence electrons. The fourth-order valence-corrected chi connectivity index (χ4v) is 3.59. The number of hydrogen-bond donors (Lipinski definition) is 0. The Morgan fingerprint density at radius 3 is 2.58 bits per heavy atom. The van der Waals surface area contributed by atoms with Gasteiger partial charge in [0.15, 0.2) is 0 Å². The summed E-state index contributed by atoms with van der Waals surface area (Å²) >= 11 is 0. The predicted molar refractivity (Wildman–Crippen MR) is 98.6 cm³/mol. The SMILES string of the molecule is CCC1c2cccn2-c2ccc(F)cc2N1C(=O)c1ccc(OC)cc1. The molecule has 5 heteroatoms. The van der Waals surface area contributed by atoms with E-state index in [1.807, 2.05) is 29.8 Å². The quantitative estimate of drug-likeness (QED) is 0.684. The molecule has 4 nitrogen and oxygen atoms in total. The Hall–Kier alpha value is -3.08. The Morgan fingerprint density at radius 2 is 1.88 bits per heavy atom. The highest BCUT2D eigenvalue weighted by molar-refractivity contribution is 6.08. The van der Waals surface area contributed by atoms with Crippen molar-refractivity contribution in [1.82, 2.24) is 4.57 Å². The first-order valence-corrected chi connectivity index (χ1v) is 8.59. The average Bonchev–Trinajstić information content (AvgIpc) is 3.16. The van der Waals surface area contributed by atoms with Crippen LogP contribution < -0.4 is 9.64 Å². The number of methoxy groups -OCH3 is 1. The van der Waals surface area contributed by atoms with Crippen LogP contribution >= 0.6 is 0 Å². The monoisotopic (exact) mass is 350 g/mol. The van der Waals surface area contributed by atoms with Crippen molar-refractivity contribution in [3.8, 4) is 11.4 Å². The van der Waals surface area contributed by atoms with E-state index >= 15 is 0 Å². The Bertz CT molecular complexity index is 962. The number of carbonyl (C=O) groups excluding carboxylic acids is 1. The summed E-state index contributed by atoms with van der Waals surface area (Å²) in [5.74, 6) is 0.174. The van der Waals surface area contributed by atoms with Crippen LogP contribution in [0.4, 0.5) is 10.1 Å². The molecule has 2 heterocycles. The van der Waals surface area contributed by atoms with Crippen LogP contribution in [0.5, 0.6) is 5.75 Å². The highest BCUT2D eigenvalue weighted by Gasteiger charge is 2.34. The Morgan fingerprint density at radius 1 is 1.12 bits per heavy atom. The van der Waals surface area contributed by atoms with E-state index in [0.717, 1.165) is 17.8 Å². The van der Waals surface area contributed by atoms with Gasteiger partial charge in [-0.25, -0.2) is 4.39 Å². The average molecular weight is 350 g/mol. The van der Waals surface area contributed by atoms with Crippen molar-refractivity contribution in [3.63, 3.8) is 0 Å². The third-order valence-electron chi connectivity index (χ3n) is 4.83. The van der Waals surface area contributed by atoms with Gasteiger partial charge in [0.2, 0.25) is 0 Å². The summed E-state index contributed by atoms with van der Waals surface area (Å²) in [6, 6.07) is 15.4. The van der Waals surface area contributed by atoms with Gasteiger partial charge in [0, 0.05) is 17.5 Å². The number of aromatic nitrogens is 1. The minimum Gasteiger partial charge on any atom is -0.497 e. The summed E-state index contributed by atoms with van der Waals surface area (Å²) in [7, 11) is 1.59. The molecule has 2 aromatic carbocycles.